The van der Waals surface area contributed by atoms with Crippen molar-refractivity contribution in [2.45, 2.75) is 31.3 Å². The lowest BCUT2D eigenvalue weighted by Crippen LogP contribution is -2.43. The summed E-state index contributed by atoms with van der Waals surface area (Å²) in [6.07, 6.45) is -1.24. The molecule has 1 saturated heterocycles. The van der Waals surface area contributed by atoms with Crippen molar-refractivity contribution in [3.05, 3.63) is 35.4 Å². The van der Waals surface area contributed by atoms with Gasteiger partial charge in [-0.1, -0.05) is 12.1 Å². The zero-order valence-corrected chi connectivity index (χ0v) is 11.8. The van der Waals surface area contributed by atoms with Gasteiger partial charge in [-0.25, -0.2) is 4.90 Å². The maximum Gasteiger partial charge on any atom is 0.263 e. The van der Waals surface area contributed by atoms with Crippen molar-refractivity contribution in [1.82, 2.24) is 4.90 Å². The summed E-state index contributed by atoms with van der Waals surface area (Å²) in [5, 5.41) is 18.7. The van der Waals surface area contributed by atoms with Gasteiger partial charge in [-0.3, -0.25) is 9.59 Å². The average Bonchev–Trinajstić information content (AvgIpc) is 2.79. The molecule has 2 heterocycles. The van der Waals surface area contributed by atoms with Gasteiger partial charge < -0.3 is 19.7 Å². The predicted octanol–water partition coefficient (Wildman–Crippen LogP) is 0.115. The highest BCUT2D eigenvalue weighted by molar-refractivity contribution is 6.21. The van der Waals surface area contributed by atoms with E-state index in [1.807, 2.05) is 0 Å². The lowest BCUT2D eigenvalue weighted by Gasteiger charge is -2.33. The number of hydrogen-bond donors (Lipinski definition) is 2. The molecule has 3 atom stereocenters. The minimum atomic E-state index is -0.732. The van der Waals surface area contributed by atoms with Gasteiger partial charge in [0.05, 0.1) is 23.8 Å². The third-order valence-electron chi connectivity index (χ3n) is 3.90. The van der Waals surface area contributed by atoms with Crippen LogP contribution in [0.4, 0.5) is 0 Å². The number of benzene rings is 1. The Labute approximate surface area is 127 Å². The second-order valence-corrected chi connectivity index (χ2v) is 5.31. The van der Waals surface area contributed by atoms with Gasteiger partial charge in [0.1, 0.15) is 12.8 Å². The van der Waals surface area contributed by atoms with Crippen molar-refractivity contribution in [1.29, 1.82) is 0 Å². The summed E-state index contributed by atoms with van der Waals surface area (Å²) < 4.78 is 10.8. The molecule has 7 nitrogen and oxygen atoms in total. The molecule has 0 bridgehead atoms. The van der Waals surface area contributed by atoms with Crippen molar-refractivity contribution >= 4 is 11.8 Å². The maximum absolute atomic E-state index is 12.2. The first-order valence-electron chi connectivity index (χ1n) is 7.13. The van der Waals surface area contributed by atoms with E-state index in [0.717, 1.165) is 4.90 Å². The summed E-state index contributed by atoms with van der Waals surface area (Å²) in [5.74, 6) is -0.787. The molecule has 0 spiro atoms. The number of fused-ring (bicyclic) bond motifs is 1. The highest BCUT2D eigenvalue weighted by Crippen LogP contribution is 2.24. The zero-order valence-electron chi connectivity index (χ0n) is 11.8. The molecular formula is C15H17NO6. The monoisotopic (exact) mass is 307 g/mol. The Kier molecular flexibility index (Phi) is 4.21. The molecule has 0 radical (unpaired) electrons. The summed E-state index contributed by atoms with van der Waals surface area (Å²) in [7, 11) is 0. The van der Waals surface area contributed by atoms with Crippen molar-refractivity contribution in [3.63, 3.8) is 0 Å². The van der Waals surface area contributed by atoms with Crippen LogP contribution >= 0.6 is 0 Å². The van der Waals surface area contributed by atoms with Crippen LogP contribution in [0.1, 0.15) is 33.6 Å². The van der Waals surface area contributed by atoms with Crippen LogP contribution < -0.4 is 0 Å². The number of ether oxygens (including phenoxy) is 2. The van der Waals surface area contributed by atoms with Gasteiger partial charge in [-0.2, -0.15) is 0 Å². The Bertz CT molecular complexity index is 554. The molecule has 7 heteroatoms. The molecule has 0 aromatic heterocycles. The Morgan fingerprint density at radius 1 is 1.18 bits per heavy atom. The average molecular weight is 307 g/mol. The summed E-state index contributed by atoms with van der Waals surface area (Å²) in [6.45, 7) is -0.528. The third kappa shape index (κ3) is 2.64. The number of carbonyl (C=O) groups excluding carboxylic acids is 2. The Balaban J connectivity index is 1.61. The normalized spacial score (nSPS) is 28.1. The molecule has 0 unspecified atom stereocenters. The van der Waals surface area contributed by atoms with Crippen LogP contribution in [-0.2, 0) is 9.47 Å². The number of imide groups is 1. The van der Waals surface area contributed by atoms with Crippen molar-refractivity contribution in [3.8, 4) is 0 Å². The minimum absolute atomic E-state index is 0.217. The quantitative estimate of drug-likeness (QED) is 0.767. The summed E-state index contributed by atoms with van der Waals surface area (Å²) in [6, 6.07) is 6.60. The lowest BCUT2D eigenvalue weighted by molar-refractivity contribution is -0.236. The standard InChI is InChI=1S/C15H17NO6/c17-7-12-11(18)5-6-13(22-12)21-8-16-14(19)9-3-1-2-4-10(9)15(16)20/h1-4,11-13,17-18H,5-8H2/t11-,12-,13+/m1/s1. The second-order valence-electron chi connectivity index (χ2n) is 5.31. The first-order chi connectivity index (χ1) is 10.6. The SMILES string of the molecule is O=C1c2ccccc2C(=O)N1CO[C@@H]1CC[C@@H](O)[C@@H](CO)O1. The molecule has 0 aliphatic carbocycles. The first-order valence-corrected chi connectivity index (χ1v) is 7.13. The Morgan fingerprint density at radius 3 is 2.41 bits per heavy atom. The third-order valence-corrected chi connectivity index (χ3v) is 3.90. The molecule has 1 fully saturated rings. The fraction of sp³-hybridized carbons (Fsp3) is 0.467. The lowest BCUT2D eigenvalue weighted by atomic mass is 10.1. The number of amides is 2. The fourth-order valence-electron chi connectivity index (χ4n) is 2.65. The molecule has 2 aliphatic heterocycles. The van der Waals surface area contributed by atoms with Crippen LogP contribution in [0.25, 0.3) is 0 Å². The predicted molar refractivity (Wildman–Crippen MR) is 73.9 cm³/mol. The number of rotatable bonds is 4. The van der Waals surface area contributed by atoms with E-state index in [0.29, 0.717) is 24.0 Å². The molecule has 0 saturated carbocycles. The number of aliphatic hydroxyl groups excluding tert-OH is 2. The highest BCUT2D eigenvalue weighted by atomic mass is 16.7. The van der Waals surface area contributed by atoms with E-state index in [2.05, 4.69) is 0 Å². The van der Waals surface area contributed by atoms with Crippen LogP contribution in [0.5, 0.6) is 0 Å². The van der Waals surface area contributed by atoms with Crippen LogP contribution in [0.15, 0.2) is 24.3 Å². The zero-order chi connectivity index (χ0) is 15.7. The molecule has 2 aliphatic rings. The first kappa shape index (κ1) is 15.1. The van der Waals surface area contributed by atoms with Gasteiger partial charge in [0.25, 0.3) is 11.8 Å². The van der Waals surface area contributed by atoms with Gasteiger partial charge in [-0.15, -0.1) is 0 Å². The van der Waals surface area contributed by atoms with Crippen LogP contribution in [0.2, 0.25) is 0 Å². The molecule has 2 N–H and O–H groups in total. The second kappa shape index (κ2) is 6.13. The van der Waals surface area contributed by atoms with Crippen LogP contribution in [0.3, 0.4) is 0 Å². The van der Waals surface area contributed by atoms with Gasteiger partial charge in [0.15, 0.2) is 6.29 Å². The number of nitrogens with zero attached hydrogens (tertiary/aromatic N) is 1. The van der Waals surface area contributed by atoms with E-state index in [1.54, 1.807) is 24.3 Å². The topological polar surface area (TPSA) is 96.3 Å². The van der Waals surface area contributed by atoms with Gasteiger partial charge >= 0.3 is 0 Å². The van der Waals surface area contributed by atoms with Crippen molar-refractivity contribution in [2.75, 3.05) is 13.3 Å². The van der Waals surface area contributed by atoms with Crippen LogP contribution in [-0.4, -0.2) is 58.8 Å². The summed E-state index contributed by atoms with van der Waals surface area (Å²) in [4.78, 5) is 25.3. The number of carbonyl (C=O) groups is 2. The van der Waals surface area contributed by atoms with Crippen molar-refractivity contribution in [2.24, 2.45) is 0 Å². The maximum atomic E-state index is 12.2. The molecule has 118 valence electrons. The Morgan fingerprint density at radius 2 is 1.82 bits per heavy atom. The molecule has 2 amide bonds. The van der Waals surface area contributed by atoms with E-state index in [1.165, 1.54) is 0 Å². The van der Waals surface area contributed by atoms with Crippen LogP contribution in [0, 0.1) is 0 Å². The highest BCUT2D eigenvalue weighted by Gasteiger charge is 2.36. The molecule has 1 aromatic carbocycles. The van der Waals surface area contributed by atoms with E-state index < -0.39 is 30.3 Å². The summed E-state index contributed by atoms with van der Waals surface area (Å²) >= 11 is 0. The summed E-state index contributed by atoms with van der Waals surface area (Å²) in [5.41, 5.74) is 0.730. The van der Waals surface area contributed by atoms with E-state index in [9.17, 15) is 14.7 Å². The Hall–Kier alpha value is -1.80. The van der Waals surface area contributed by atoms with Crippen molar-refractivity contribution < 1.29 is 29.3 Å². The molecular weight excluding hydrogens is 290 g/mol. The smallest absolute Gasteiger partial charge is 0.263 e. The van der Waals surface area contributed by atoms with Gasteiger partial charge in [0.2, 0.25) is 0 Å². The fourth-order valence-corrected chi connectivity index (χ4v) is 2.65. The largest absolute Gasteiger partial charge is 0.394 e. The number of hydrogen-bond acceptors (Lipinski definition) is 6. The molecule has 1 aromatic rings. The van der Waals surface area contributed by atoms with Gasteiger partial charge in [0, 0.05) is 6.42 Å². The van der Waals surface area contributed by atoms with E-state index in [4.69, 9.17) is 14.6 Å². The van der Waals surface area contributed by atoms with E-state index in [-0.39, 0.29) is 13.3 Å². The molecule has 3 rings (SSSR count). The van der Waals surface area contributed by atoms with Gasteiger partial charge in [-0.05, 0) is 18.6 Å². The minimum Gasteiger partial charge on any atom is -0.394 e. The van der Waals surface area contributed by atoms with E-state index >= 15 is 0 Å². The molecule has 22 heavy (non-hydrogen) atoms. The number of aliphatic hydroxyl groups is 2.